The summed E-state index contributed by atoms with van der Waals surface area (Å²) >= 11 is 0. The number of hydrogen-bond donors (Lipinski definition) is 2. The SMILES string of the molecule is NCC(=CF)COc1ccc(C23CCC(C(=O)NCC4CCOCC4)(CC2)CC3)cc1. The maximum atomic E-state index is 13.1. The minimum absolute atomic E-state index is 0.155. The van der Waals surface area contributed by atoms with Crippen molar-refractivity contribution in [2.24, 2.45) is 17.1 Å². The molecule has 5 rings (SSSR count). The second-order valence-electron chi connectivity index (χ2n) is 9.61. The monoisotopic (exact) mass is 430 g/mol. The van der Waals surface area contributed by atoms with E-state index >= 15 is 0 Å². The van der Waals surface area contributed by atoms with Gasteiger partial charge in [-0.2, -0.15) is 0 Å². The van der Waals surface area contributed by atoms with Gasteiger partial charge in [0.15, 0.2) is 0 Å². The van der Waals surface area contributed by atoms with Crippen LogP contribution in [0.4, 0.5) is 4.39 Å². The summed E-state index contributed by atoms with van der Waals surface area (Å²) in [4.78, 5) is 13.1. The molecule has 3 aliphatic carbocycles. The van der Waals surface area contributed by atoms with E-state index in [9.17, 15) is 9.18 Å². The van der Waals surface area contributed by atoms with E-state index in [1.54, 1.807) is 0 Å². The molecule has 4 fully saturated rings. The Morgan fingerprint density at radius 2 is 1.77 bits per heavy atom. The van der Waals surface area contributed by atoms with Gasteiger partial charge < -0.3 is 20.5 Å². The molecule has 31 heavy (non-hydrogen) atoms. The zero-order valence-corrected chi connectivity index (χ0v) is 18.3. The lowest BCUT2D eigenvalue weighted by molar-refractivity contribution is -0.138. The molecule has 0 spiro atoms. The number of nitrogens with two attached hydrogens (primary N) is 1. The minimum atomic E-state index is -0.173. The van der Waals surface area contributed by atoms with Crippen molar-refractivity contribution in [2.45, 2.75) is 56.8 Å². The van der Waals surface area contributed by atoms with Gasteiger partial charge in [-0.3, -0.25) is 4.79 Å². The van der Waals surface area contributed by atoms with E-state index in [-0.39, 0.29) is 29.9 Å². The highest BCUT2D eigenvalue weighted by atomic mass is 19.1. The van der Waals surface area contributed by atoms with Crippen LogP contribution in [-0.2, 0) is 14.9 Å². The Morgan fingerprint density at radius 1 is 1.13 bits per heavy atom. The van der Waals surface area contributed by atoms with Crippen molar-refractivity contribution in [3.63, 3.8) is 0 Å². The zero-order valence-electron chi connectivity index (χ0n) is 18.3. The van der Waals surface area contributed by atoms with Gasteiger partial charge in [-0.25, -0.2) is 4.39 Å². The molecule has 0 radical (unpaired) electrons. The number of rotatable bonds is 8. The molecule has 6 heteroatoms. The van der Waals surface area contributed by atoms with E-state index in [4.69, 9.17) is 15.2 Å². The maximum Gasteiger partial charge on any atom is 0.226 e. The van der Waals surface area contributed by atoms with Crippen molar-refractivity contribution in [1.82, 2.24) is 5.32 Å². The lowest BCUT2D eigenvalue weighted by atomic mass is 9.51. The summed E-state index contributed by atoms with van der Waals surface area (Å²) < 4.78 is 23.7. The number of nitrogens with one attached hydrogen (secondary N) is 1. The summed E-state index contributed by atoms with van der Waals surface area (Å²) in [5.74, 6) is 1.55. The van der Waals surface area contributed by atoms with Crippen LogP contribution in [0.3, 0.4) is 0 Å². The first-order valence-corrected chi connectivity index (χ1v) is 11.7. The lowest BCUT2D eigenvalue weighted by Gasteiger charge is -2.53. The van der Waals surface area contributed by atoms with Crippen molar-refractivity contribution >= 4 is 5.91 Å². The molecule has 4 aliphatic rings. The van der Waals surface area contributed by atoms with Gasteiger partial charge in [0.1, 0.15) is 12.4 Å². The standard InChI is InChI=1S/C25H35FN2O3/c26-15-20(16-27)18-31-22-3-1-21(2-4-22)24-7-10-25(11-8-24,12-9-24)23(29)28-17-19-5-13-30-14-6-19/h1-4,15,19H,5-14,16-18,27H2,(H,28,29). The molecule has 1 heterocycles. The Labute approximate surface area is 184 Å². The molecule has 3 N–H and O–H groups in total. The number of hydrogen-bond acceptors (Lipinski definition) is 4. The zero-order chi connectivity index (χ0) is 21.7. The molecular weight excluding hydrogens is 395 g/mol. The molecular formula is C25H35FN2O3. The molecule has 0 atom stereocenters. The molecule has 1 aromatic rings. The fourth-order valence-electron chi connectivity index (χ4n) is 5.55. The van der Waals surface area contributed by atoms with Crippen molar-refractivity contribution in [2.75, 3.05) is 32.9 Å². The largest absolute Gasteiger partial charge is 0.489 e. The fourth-order valence-corrected chi connectivity index (χ4v) is 5.55. The average molecular weight is 431 g/mol. The quantitative estimate of drug-likeness (QED) is 0.654. The van der Waals surface area contributed by atoms with Crippen LogP contribution >= 0.6 is 0 Å². The number of halogens is 1. The third-order valence-corrected chi connectivity index (χ3v) is 7.93. The molecule has 3 saturated carbocycles. The number of amides is 1. The highest BCUT2D eigenvalue weighted by molar-refractivity contribution is 5.83. The Bertz CT molecular complexity index is 762. The van der Waals surface area contributed by atoms with Crippen molar-refractivity contribution in [1.29, 1.82) is 0 Å². The van der Waals surface area contributed by atoms with Crippen LogP contribution in [0.1, 0.15) is 56.9 Å². The van der Waals surface area contributed by atoms with E-state index < -0.39 is 0 Å². The van der Waals surface area contributed by atoms with Gasteiger partial charge in [0.05, 0.1) is 6.33 Å². The third kappa shape index (κ3) is 4.80. The number of carbonyl (C=O) groups excluding carboxylic acids is 1. The topological polar surface area (TPSA) is 73.6 Å². The maximum absolute atomic E-state index is 13.1. The number of ether oxygens (including phenoxy) is 2. The molecule has 1 amide bonds. The molecule has 1 aromatic carbocycles. The predicted octanol–water partition coefficient (Wildman–Crippen LogP) is 4.01. The second kappa shape index (κ2) is 9.70. The van der Waals surface area contributed by atoms with Crippen LogP contribution in [0.25, 0.3) is 0 Å². The predicted molar refractivity (Wildman–Crippen MR) is 119 cm³/mol. The normalized spacial score (nSPS) is 29.0. The van der Waals surface area contributed by atoms with Gasteiger partial charge in [-0.05, 0) is 80.4 Å². The van der Waals surface area contributed by atoms with Gasteiger partial charge in [0, 0.05) is 37.3 Å². The van der Waals surface area contributed by atoms with Gasteiger partial charge in [-0.15, -0.1) is 0 Å². The van der Waals surface area contributed by atoms with E-state index in [0.717, 1.165) is 76.9 Å². The Kier molecular flexibility index (Phi) is 6.97. The fraction of sp³-hybridized carbons (Fsp3) is 0.640. The first kappa shape index (κ1) is 22.3. The van der Waals surface area contributed by atoms with Crippen molar-refractivity contribution < 1.29 is 18.7 Å². The summed E-state index contributed by atoms with van der Waals surface area (Å²) in [6.07, 6.45) is 8.67. The summed E-state index contributed by atoms with van der Waals surface area (Å²) in [6, 6.07) is 8.21. The van der Waals surface area contributed by atoms with E-state index in [0.29, 0.717) is 17.8 Å². The smallest absolute Gasteiger partial charge is 0.226 e. The van der Waals surface area contributed by atoms with Crippen LogP contribution < -0.4 is 15.8 Å². The van der Waals surface area contributed by atoms with Crippen LogP contribution in [0.15, 0.2) is 36.2 Å². The van der Waals surface area contributed by atoms with E-state index in [2.05, 4.69) is 17.4 Å². The third-order valence-electron chi connectivity index (χ3n) is 7.93. The number of benzene rings is 1. The van der Waals surface area contributed by atoms with Gasteiger partial charge in [0.25, 0.3) is 0 Å². The van der Waals surface area contributed by atoms with Crippen LogP contribution in [-0.4, -0.2) is 38.8 Å². The number of carbonyl (C=O) groups is 1. The molecule has 1 saturated heterocycles. The molecule has 170 valence electrons. The van der Waals surface area contributed by atoms with E-state index in [1.165, 1.54) is 5.56 Å². The minimum Gasteiger partial charge on any atom is -0.489 e. The average Bonchev–Trinajstić information content (AvgIpc) is 2.85. The van der Waals surface area contributed by atoms with Crippen molar-refractivity contribution in [3.8, 4) is 5.75 Å². The Hall–Kier alpha value is -1.92. The van der Waals surface area contributed by atoms with Crippen LogP contribution in [0.5, 0.6) is 5.75 Å². The molecule has 5 nitrogen and oxygen atoms in total. The van der Waals surface area contributed by atoms with Crippen molar-refractivity contribution in [3.05, 3.63) is 41.7 Å². The molecule has 1 aliphatic heterocycles. The molecule has 0 unspecified atom stereocenters. The lowest BCUT2D eigenvalue weighted by Crippen LogP contribution is -2.52. The summed E-state index contributed by atoms with van der Waals surface area (Å²) in [6.45, 7) is 2.75. The highest BCUT2D eigenvalue weighted by Gasteiger charge is 2.52. The van der Waals surface area contributed by atoms with E-state index in [1.807, 2.05) is 12.1 Å². The summed E-state index contributed by atoms with van der Waals surface area (Å²) in [5, 5.41) is 3.28. The Balaban J connectivity index is 1.32. The summed E-state index contributed by atoms with van der Waals surface area (Å²) in [7, 11) is 0. The first-order chi connectivity index (χ1) is 15.1. The Morgan fingerprint density at radius 3 is 2.35 bits per heavy atom. The summed E-state index contributed by atoms with van der Waals surface area (Å²) in [5.41, 5.74) is 7.24. The van der Waals surface area contributed by atoms with Gasteiger partial charge in [0.2, 0.25) is 5.91 Å². The number of fused-ring (bicyclic) bond motifs is 3. The van der Waals surface area contributed by atoms with Gasteiger partial charge in [-0.1, -0.05) is 12.1 Å². The van der Waals surface area contributed by atoms with Crippen LogP contribution in [0, 0.1) is 11.3 Å². The molecule has 2 bridgehead atoms. The highest BCUT2D eigenvalue weighted by Crippen LogP contribution is 2.57. The first-order valence-electron chi connectivity index (χ1n) is 11.7. The second-order valence-corrected chi connectivity index (χ2v) is 9.61. The van der Waals surface area contributed by atoms with Crippen LogP contribution in [0.2, 0.25) is 0 Å². The van der Waals surface area contributed by atoms with Gasteiger partial charge >= 0.3 is 0 Å². The molecule has 0 aromatic heterocycles.